The van der Waals surface area contributed by atoms with Crippen LogP contribution in [0.3, 0.4) is 0 Å². The Morgan fingerprint density at radius 1 is 1.15 bits per heavy atom. The fourth-order valence-electron chi connectivity index (χ4n) is 3.41. The van der Waals surface area contributed by atoms with E-state index in [1.165, 1.54) is 18.2 Å². The lowest BCUT2D eigenvalue weighted by Gasteiger charge is -2.10. The van der Waals surface area contributed by atoms with Gasteiger partial charge in [0.05, 0.1) is 17.0 Å². The van der Waals surface area contributed by atoms with Gasteiger partial charge in [-0.2, -0.15) is 4.39 Å². The predicted octanol–water partition coefficient (Wildman–Crippen LogP) is 7.45. The molecule has 172 valence electrons. The molecule has 4 rings (SSSR count). The van der Waals surface area contributed by atoms with Crippen molar-refractivity contribution in [2.75, 3.05) is 0 Å². The maximum Gasteiger partial charge on any atom is 0.201 e. The smallest absolute Gasteiger partial charge is 0.201 e. The first-order valence-electron chi connectivity index (χ1n) is 10.2. The number of aromatic nitrogens is 1. The summed E-state index contributed by atoms with van der Waals surface area (Å²) in [7, 11) is 0. The number of aromatic amines is 1. The molecule has 8 heteroatoms. The number of aliphatic hydroxyl groups is 1. The molecule has 3 aromatic carbocycles. The second-order valence-corrected chi connectivity index (χ2v) is 8.30. The Bertz CT molecular complexity index is 1470. The summed E-state index contributed by atoms with van der Waals surface area (Å²) in [5, 5.41) is 11.8. The van der Waals surface area contributed by atoms with E-state index in [9.17, 15) is 13.9 Å². The van der Waals surface area contributed by atoms with E-state index >= 15 is 0 Å². The number of nitrogens with two attached hydrogens (primary N) is 1. The van der Waals surface area contributed by atoms with Crippen molar-refractivity contribution >= 4 is 44.1 Å². The topological polar surface area (TPSA) is 83.6 Å². The Labute approximate surface area is 203 Å². The van der Waals surface area contributed by atoms with Crippen molar-refractivity contribution in [3.05, 3.63) is 106 Å². The average Bonchev–Trinajstić information content (AvgIpc) is 3.25. The van der Waals surface area contributed by atoms with E-state index in [-0.39, 0.29) is 22.9 Å². The highest BCUT2D eigenvalue weighted by Crippen LogP contribution is 2.31. The van der Waals surface area contributed by atoms with Gasteiger partial charge < -0.3 is 20.6 Å². The van der Waals surface area contributed by atoms with Crippen LogP contribution in [-0.4, -0.2) is 15.9 Å². The van der Waals surface area contributed by atoms with Gasteiger partial charge in [-0.3, -0.25) is 0 Å². The quantitative estimate of drug-likeness (QED) is 0.106. The van der Waals surface area contributed by atoms with Crippen LogP contribution >= 0.6 is 15.9 Å². The Balaban J connectivity index is 1.64. The molecule has 0 unspecified atom stereocenters. The SMILES string of the molecule is C=CC(C(N)=Nc1ccc(Oc2cccc(F)c2F)cc1C)=C(O)c1cc2c(Br)cccc2[nH]1. The molecule has 34 heavy (non-hydrogen) atoms. The van der Waals surface area contributed by atoms with E-state index in [0.717, 1.165) is 21.4 Å². The van der Waals surface area contributed by atoms with Crippen LogP contribution in [0.5, 0.6) is 11.5 Å². The van der Waals surface area contributed by atoms with Gasteiger partial charge in [0.2, 0.25) is 5.82 Å². The first-order valence-corrected chi connectivity index (χ1v) is 11.0. The summed E-state index contributed by atoms with van der Waals surface area (Å²) >= 11 is 3.49. The molecule has 0 spiro atoms. The standard InChI is InChI=1S/C26H20BrF2N3O2/c1-3-16(25(33)22-13-17-18(27)6-4-8-21(17)31-22)26(30)32-20-11-10-15(12-14(20)2)34-23-9-5-7-19(28)24(23)29/h3-13,31,33H,1H2,2H3,(H2,30,32). The molecule has 0 radical (unpaired) electrons. The summed E-state index contributed by atoms with van der Waals surface area (Å²) in [4.78, 5) is 7.57. The van der Waals surface area contributed by atoms with Gasteiger partial charge in [0.15, 0.2) is 11.6 Å². The van der Waals surface area contributed by atoms with Crippen LogP contribution in [-0.2, 0) is 0 Å². The van der Waals surface area contributed by atoms with Crippen molar-refractivity contribution < 1.29 is 18.6 Å². The third kappa shape index (κ3) is 4.58. The molecule has 0 aliphatic carbocycles. The maximum atomic E-state index is 13.9. The van der Waals surface area contributed by atoms with Gasteiger partial charge in [0, 0.05) is 15.4 Å². The number of amidine groups is 1. The van der Waals surface area contributed by atoms with Crippen LogP contribution in [0.25, 0.3) is 16.7 Å². The number of nitrogens with zero attached hydrogens (tertiary/aromatic N) is 1. The molecule has 5 nitrogen and oxygen atoms in total. The van der Waals surface area contributed by atoms with Crippen LogP contribution in [0, 0.1) is 18.6 Å². The van der Waals surface area contributed by atoms with Gasteiger partial charge in [0.1, 0.15) is 17.3 Å². The second kappa shape index (κ2) is 9.52. The van der Waals surface area contributed by atoms with E-state index in [2.05, 4.69) is 32.5 Å². The van der Waals surface area contributed by atoms with Gasteiger partial charge in [0.25, 0.3) is 0 Å². The highest BCUT2D eigenvalue weighted by molar-refractivity contribution is 9.10. The molecule has 0 bridgehead atoms. The lowest BCUT2D eigenvalue weighted by Crippen LogP contribution is -2.15. The first-order chi connectivity index (χ1) is 16.3. The van der Waals surface area contributed by atoms with Crippen molar-refractivity contribution in [1.29, 1.82) is 0 Å². The first kappa shape index (κ1) is 23.3. The van der Waals surface area contributed by atoms with Crippen molar-refractivity contribution in [3.8, 4) is 11.5 Å². The number of aryl methyl sites for hydroxylation is 1. The number of rotatable bonds is 6. The van der Waals surface area contributed by atoms with E-state index in [1.54, 1.807) is 31.2 Å². The number of hydrogen-bond acceptors (Lipinski definition) is 3. The Morgan fingerprint density at radius 3 is 2.62 bits per heavy atom. The van der Waals surface area contributed by atoms with Crippen molar-refractivity contribution in [3.63, 3.8) is 0 Å². The number of aliphatic imine (C=N–C) groups is 1. The molecule has 0 fully saturated rings. The Kier molecular flexibility index (Phi) is 6.51. The Hall–Kier alpha value is -3.91. The van der Waals surface area contributed by atoms with Crippen molar-refractivity contribution in [2.45, 2.75) is 6.92 Å². The molecule has 0 saturated heterocycles. The van der Waals surface area contributed by atoms with Gasteiger partial charge in [-0.05, 0) is 61.0 Å². The zero-order chi connectivity index (χ0) is 24.4. The van der Waals surface area contributed by atoms with Gasteiger partial charge in [-0.15, -0.1) is 0 Å². The minimum atomic E-state index is -1.06. The summed E-state index contributed by atoms with van der Waals surface area (Å²) in [6, 6.07) is 16.0. The van der Waals surface area contributed by atoms with Crippen LogP contribution in [0.4, 0.5) is 14.5 Å². The zero-order valence-electron chi connectivity index (χ0n) is 18.1. The van der Waals surface area contributed by atoms with E-state index in [0.29, 0.717) is 22.7 Å². The highest BCUT2D eigenvalue weighted by Gasteiger charge is 2.14. The van der Waals surface area contributed by atoms with Crippen molar-refractivity contribution in [2.24, 2.45) is 10.7 Å². The number of nitrogens with one attached hydrogen (secondary N) is 1. The number of benzene rings is 3. The molecule has 0 aliphatic heterocycles. The van der Waals surface area contributed by atoms with Crippen LogP contribution in [0.1, 0.15) is 11.3 Å². The maximum absolute atomic E-state index is 13.9. The van der Waals surface area contributed by atoms with E-state index < -0.39 is 11.6 Å². The van der Waals surface area contributed by atoms with Crippen molar-refractivity contribution in [1.82, 2.24) is 4.98 Å². The normalized spacial score (nSPS) is 12.5. The number of halogens is 3. The molecule has 0 atom stereocenters. The van der Waals surface area contributed by atoms with Crippen LogP contribution < -0.4 is 10.5 Å². The monoisotopic (exact) mass is 523 g/mol. The van der Waals surface area contributed by atoms with Gasteiger partial charge in [-0.25, -0.2) is 9.38 Å². The average molecular weight is 524 g/mol. The minimum absolute atomic E-state index is 0.0539. The second-order valence-electron chi connectivity index (χ2n) is 7.45. The number of fused-ring (bicyclic) bond motifs is 1. The summed E-state index contributed by atoms with van der Waals surface area (Å²) in [6.07, 6.45) is 1.42. The van der Waals surface area contributed by atoms with Gasteiger partial charge in [-0.1, -0.05) is 40.7 Å². The lowest BCUT2D eigenvalue weighted by atomic mass is 10.1. The molecule has 4 N–H and O–H groups in total. The number of aliphatic hydroxyl groups excluding tert-OH is 1. The predicted molar refractivity (Wildman–Crippen MR) is 135 cm³/mol. The summed E-state index contributed by atoms with van der Waals surface area (Å²) in [5.74, 6) is -2.01. The van der Waals surface area contributed by atoms with Crippen LogP contribution in [0.2, 0.25) is 0 Å². The van der Waals surface area contributed by atoms with Crippen LogP contribution in [0.15, 0.2) is 88.4 Å². The van der Waals surface area contributed by atoms with E-state index in [1.807, 2.05) is 18.2 Å². The lowest BCUT2D eigenvalue weighted by molar-refractivity contribution is 0.416. The highest BCUT2D eigenvalue weighted by atomic mass is 79.9. The molecule has 0 amide bonds. The molecular weight excluding hydrogens is 504 g/mol. The number of hydrogen-bond donors (Lipinski definition) is 3. The minimum Gasteiger partial charge on any atom is -0.505 e. The summed E-state index contributed by atoms with van der Waals surface area (Å²) in [6.45, 7) is 5.52. The van der Waals surface area contributed by atoms with Gasteiger partial charge >= 0.3 is 0 Å². The molecule has 1 heterocycles. The Morgan fingerprint density at radius 2 is 1.91 bits per heavy atom. The third-order valence-electron chi connectivity index (χ3n) is 5.15. The molecule has 1 aromatic heterocycles. The summed E-state index contributed by atoms with van der Waals surface area (Å²) in [5.41, 5.74) is 8.95. The summed E-state index contributed by atoms with van der Waals surface area (Å²) < 4.78 is 33.7. The molecule has 0 saturated carbocycles. The fraction of sp³-hybridized carbons (Fsp3) is 0.0385. The fourth-order valence-corrected chi connectivity index (χ4v) is 3.89. The molecular formula is C26H20BrF2N3O2. The number of ether oxygens (including phenoxy) is 1. The van der Waals surface area contributed by atoms with E-state index in [4.69, 9.17) is 10.5 Å². The number of H-pyrrole nitrogens is 1. The molecule has 0 aliphatic rings. The third-order valence-corrected chi connectivity index (χ3v) is 5.85. The molecule has 4 aromatic rings. The largest absolute Gasteiger partial charge is 0.505 e. The zero-order valence-corrected chi connectivity index (χ0v) is 19.7.